The molecule has 8 nitrogen and oxygen atoms in total. The molecule has 1 aliphatic heterocycles. The normalized spacial score (nSPS) is 21.8. The van der Waals surface area contributed by atoms with E-state index < -0.39 is 10.0 Å². The predicted molar refractivity (Wildman–Crippen MR) is 88.9 cm³/mol. The van der Waals surface area contributed by atoms with Crippen molar-refractivity contribution in [2.75, 3.05) is 12.3 Å². The Bertz CT molecular complexity index is 839. The number of sulfonamides is 1. The van der Waals surface area contributed by atoms with Crippen molar-refractivity contribution in [1.29, 1.82) is 0 Å². The van der Waals surface area contributed by atoms with Gasteiger partial charge in [0.15, 0.2) is 0 Å². The van der Waals surface area contributed by atoms with Crippen molar-refractivity contribution in [2.24, 2.45) is 7.05 Å². The molecule has 2 aromatic heterocycles. The van der Waals surface area contributed by atoms with Gasteiger partial charge in [0.05, 0.1) is 23.2 Å². The van der Waals surface area contributed by atoms with Crippen molar-refractivity contribution >= 4 is 27.4 Å². The van der Waals surface area contributed by atoms with Crippen LogP contribution in [0.5, 0.6) is 0 Å². The van der Waals surface area contributed by atoms with E-state index in [-0.39, 0.29) is 27.9 Å². The molecular weight excluding hydrogens is 354 g/mol. The standard InChI is InChI=1S/C14H18ClN5O3S/c1-20-8-17-7-11(20)12-5-10(2-3-23-12)19-24(21,22)13-4-9(15)6-18-14(13)16/h4,6-8,10,12,19H,2-3,5H2,1H3,(H2,16,18)/t10-,12-/m1/s1. The first-order valence-electron chi connectivity index (χ1n) is 7.38. The lowest BCUT2D eigenvalue weighted by Gasteiger charge is -2.30. The number of nitrogens with one attached hydrogen (secondary N) is 1. The highest BCUT2D eigenvalue weighted by atomic mass is 35.5. The molecule has 3 N–H and O–H groups in total. The van der Waals surface area contributed by atoms with Crippen molar-refractivity contribution in [3.8, 4) is 0 Å². The zero-order chi connectivity index (χ0) is 17.3. The van der Waals surface area contributed by atoms with Crippen LogP contribution in [-0.2, 0) is 21.8 Å². The average molecular weight is 372 g/mol. The number of hydrogen-bond acceptors (Lipinski definition) is 6. The molecule has 3 rings (SSSR count). The van der Waals surface area contributed by atoms with Crippen molar-refractivity contribution in [2.45, 2.75) is 29.9 Å². The number of nitrogen functional groups attached to an aromatic ring is 1. The fourth-order valence-corrected chi connectivity index (χ4v) is 4.33. The molecule has 0 amide bonds. The summed E-state index contributed by atoms with van der Waals surface area (Å²) >= 11 is 5.83. The first kappa shape index (κ1) is 17.2. The second-order valence-electron chi connectivity index (χ2n) is 5.67. The van der Waals surface area contributed by atoms with E-state index in [1.165, 1.54) is 12.3 Å². The monoisotopic (exact) mass is 371 g/mol. The van der Waals surface area contributed by atoms with Gasteiger partial charge in [-0.2, -0.15) is 0 Å². The molecule has 0 bridgehead atoms. The maximum Gasteiger partial charge on any atom is 0.244 e. The molecule has 0 saturated carbocycles. The zero-order valence-corrected chi connectivity index (χ0v) is 14.6. The third kappa shape index (κ3) is 3.54. The van der Waals surface area contributed by atoms with Gasteiger partial charge in [0.1, 0.15) is 16.8 Å². The third-order valence-corrected chi connectivity index (χ3v) is 5.68. The van der Waals surface area contributed by atoms with E-state index in [4.69, 9.17) is 22.1 Å². The first-order valence-corrected chi connectivity index (χ1v) is 9.24. The van der Waals surface area contributed by atoms with E-state index in [9.17, 15) is 8.42 Å². The van der Waals surface area contributed by atoms with Crippen LogP contribution in [0.3, 0.4) is 0 Å². The zero-order valence-electron chi connectivity index (χ0n) is 13.0. The Hall–Kier alpha value is -1.68. The van der Waals surface area contributed by atoms with Gasteiger partial charge in [0.25, 0.3) is 0 Å². The van der Waals surface area contributed by atoms with Crippen LogP contribution < -0.4 is 10.5 Å². The van der Waals surface area contributed by atoms with Crippen molar-refractivity contribution in [3.05, 3.63) is 35.5 Å². The summed E-state index contributed by atoms with van der Waals surface area (Å²) < 4.78 is 35.4. The van der Waals surface area contributed by atoms with Crippen LogP contribution in [0.15, 0.2) is 29.7 Å². The van der Waals surface area contributed by atoms with E-state index in [0.29, 0.717) is 19.4 Å². The van der Waals surface area contributed by atoms with Crippen LogP contribution in [0.1, 0.15) is 24.6 Å². The molecule has 3 heterocycles. The lowest BCUT2D eigenvalue weighted by Crippen LogP contribution is -2.40. The summed E-state index contributed by atoms with van der Waals surface area (Å²) in [4.78, 5) is 7.75. The molecule has 1 aliphatic rings. The molecule has 0 aromatic carbocycles. The number of rotatable bonds is 4. The Kier molecular flexibility index (Phi) is 4.77. The van der Waals surface area contributed by atoms with Gasteiger partial charge >= 0.3 is 0 Å². The molecule has 0 unspecified atom stereocenters. The number of nitrogens with two attached hydrogens (primary N) is 1. The highest BCUT2D eigenvalue weighted by Gasteiger charge is 2.30. The fourth-order valence-electron chi connectivity index (χ4n) is 2.72. The highest BCUT2D eigenvalue weighted by Crippen LogP contribution is 2.29. The number of aromatic nitrogens is 3. The molecule has 1 saturated heterocycles. The van der Waals surface area contributed by atoms with Crippen LogP contribution in [0.25, 0.3) is 0 Å². The van der Waals surface area contributed by atoms with E-state index in [1.807, 2.05) is 11.6 Å². The van der Waals surface area contributed by atoms with Gasteiger partial charge in [0, 0.05) is 25.9 Å². The van der Waals surface area contributed by atoms with E-state index in [2.05, 4.69) is 14.7 Å². The quantitative estimate of drug-likeness (QED) is 0.836. The first-order chi connectivity index (χ1) is 11.4. The summed E-state index contributed by atoms with van der Waals surface area (Å²) in [6.45, 7) is 0.451. The van der Waals surface area contributed by atoms with Gasteiger partial charge in [0.2, 0.25) is 10.0 Å². The lowest BCUT2D eigenvalue weighted by molar-refractivity contribution is -0.0000425. The molecule has 2 aromatic rings. The Balaban J connectivity index is 1.77. The summed E-state index contributed by atoms with van der Waals surface area (Å²) in [6.07, 6.45) is 5.58. The Labute approximate surface area is 145 Å². The Morgan fingerprint density at radius 2 is 2.25 bits per heavy atom. The minimum atomic E-state index is -3.82. The van der Waals surface area contributed by atoms with Gasteiger partial charge < -0.3 is 15.0 Å². The van der Waals surface area contributed by atoms with Gasteiger partial charge in [-0.25, -0.2) is 23.1 Å². The van der Waals surface area contributed by atoms with Gasteiger partial charge in [-0.05, 0) is 18.9 Å². The van der Waals surface area contributed by atoms with Crippen LogP contribution in [0.4, 0.5) is 5.82 Å². The second-order valence-corrected chi connectivity index (χ2v) is 7.79. The maximum atomic E-state index is 12.6. The van der Waals surface area contributed by atoms with Crippen molar-refractivity contribution in [3.63, 3.8) is 0 Å². The molecule has 24 heavy (non-hydrogen) atoms. The number of pyridine rings is 1. The van der Waals surface area contributed by atoms with Crippen molar-refractivity contribution in [1.82, 2.24) is 19.3 Å². The predicted octanol–water partition coefficient (Wildman–Crippen LogP) is 1.25. The topological polar surface area (TPSA) is 112 Å². The summed E-state index contributed by atoms with van der Waals surface area (Å²) in [6, 6.07) is 1.02. The lowest BCUT2D eigenvalue weighted by atomic mass is 10.0. The number of nitrogens with zero attached hydrogens (tertiary/aromatic N) is 3. The molecule has 10 heteroatoms. The largest absolute Gasteiger partial charge is 0.383 e. The molecule has 0 aliphatic carbocycles. The van der Waals surface area contributed by atoms with Crippen molar-refractivity contribution < 1.29 is 13.2 Å². The summed E-state index contributed by atoms with van der Waals surface area (Å²) in [5.74, 6) is -0.0813. The Morgan fingerprint density at radius 3 is 2.96 bits per heavy atom. The smallest absolute Gasteiger partial charge is 0.244 e. The molecule has 1 fully saturated rings. The number of ether oxygens (including phenoxy) is 1. The van der Waals surface area contributed by atoms with Gasteiger partial charge in [-0.1, -0.05) is 11.6 Å². The Morgan fingerprint density at radius 1 is 1.46 bits per heavy atom. The number of anilines is 1. The number of aryl methyl sites for hydroxylation is 1. The van der Waals surface area contributed by atoms with E-state index >= 15 is 0 Å². The number of halogens is 1. The number of hydrogen-bond donors (Lipinski definition) is 2. The maximum absolute atomic E-state index is 12.6. The van der Waals surface area contributed by atoms with Crippen LogP contribution in [0.2, 0.25) is 5.02 Å². The minimum absolute atomic E-state index is 0.0813. The van der Waals surface area contributed by atoms with Gasteiger partial charge in [-0.15, -0.1) is 0 Å². The van der Waals surface area contributed by atoms with Crippen LogP contribution in [-0.4, -0.2) is 35.6 Å². The second kappa shape index (κ2) is 6.67. The molecule has 0 radical (unpaired) electrons. The van der Waals surface area contributed by atoms with Crippen LogP contribution in [0, 0.1) is 0 Å². The highest BCUT2D eigenvalue weighted by molar-refractivity contribution is 7.89. The fraction of sp³-hybridized carbons (Fsp3) is 0.429. The van der Waals surface area contributed by atoms with Crippen LogP contribution >= 0.6 is 11.6 Å². The van der Waals surface area contributed by atoms with E-state index in [1.54, 1.807) is 12.5 Å². The summed E-state index contributed by atoms with van der Waals surface area (Å²) in [7, 11) is -1.94. The molecule has 130 valence electrons. The summed E-state index contributed by atoms with van der Waals surface area (Å²) in [5, 5.41) is 0.212. The third-order valence-electron chi connectivity index (χ3n) is 3.93. The summed E-state index contributed by atoms with van der Waals surface area (Å²) in [5.41, 5.74) is 6.59. The van der Waals surface area contributed by atoms with Gasteiger partial charge in [-0.3, -0.25) is 0 Å². The number of imidazole rings is 1. The average Bonchev–Trinajstić information content (AvgIpc) is 2.95. The molecular formula is C14H18ClN5O3S. The molecule has 0 spiro atoms. The minimum Gasteiger partial charge on any atom is -0.383 e. The SMILES string of the molecule is Cn1cncc1[C@H]1C[C@H](NS(=O)(=O)c2cc(Cl)cnc2N)CCO1. The van der Waals surface area contributed by atoms with E-state index in [0.717, 1.165) is 5.69 Å². The molecule has 2 atom stereocenters.